The van der Waals surface area contributed by atoms with Gasteiger partial charge in [-0.3, -0.25) is 9.79 Å². The molecule has 0 saturated carbocycles. The first-order chi connectivity index (χ1) is 12.7. The van der Waals surface area contributed by atoms with Gasteiger partial charge in [0.1, 0.15) is 6.10 Å². The van der Waals surface area contributed by atoms with Crippen molar-refractivity contribution in [3.05, 3.63) is 16.1 Å². The summed E-state index contributed by atoms with van der Waals surface area (Å²) in [6, 6.07) is 0. The van der Waals surface area contributed by atoms with E-state index in [1.165, 1.54) is 0 Å². The molecule has 0 bridgehead atoms. The molecule has 1 atom stereocenters. The predicted octanol–water partition coefficient (Wildman–Crippen LogP) is 1.90. The van der Waals surface area contributed by atoms with E-state index in [1.54, 1.807) is 11.3 Å². The van der Waals surface area contributed by atoms with Gasteiger partial charge in [-0.25, -0.2) is 4.98 Å². The number of hydrogen-bond donors (Lipinski definition) is 1. The third-order valence-electron chi connectivity index (χ3n) is 4.73. The van der Waals surface area contributed by atoms with Gasteiger partial charge in [0, 0.05) is 57.7 Å². The van der Waals surface area contributed by atoms with Crippen LogP contribution in [0.3, 0.4) is 0 Å². The lowest BCUT2D eigenvalue weighted by Crippen LogP contribution is -2.55. The van der Waals surface area contributed by atoms with Crippen LogP contribution in [-0.2, 0) is 16.0 Å². The van der Waals surface area contributed by atoms with Crippen LogP contribution in [0.1, 0.15) is 30.5 Å². The van der Waals surface area contributed by atoms with E-state index in [9.17, 15) is 4.79 Å². The van der Waals surface area contributed by atoms with Crippen molar-refractivity contribution in [1.82, 2.24) is 20.1 Å². The molecule has 2 aliphatic heterocycles. The van der Waals surface area contributed by atoms with Crippen molar-refractivity contribution < 1.29 is 9.53 Å². The van der Waals surface area contributed by atoms with Crippen LogP contribution in [0, 0.1) is 6.92 Å². The van der Waals surface area contributed by atoms with Gasteiger partial charge < -0.3 is 19.9 Å². The maximum Gasteiger partial charge on any atom is 0.251 e. The minimum Gasteiger partial charge on any atom is -0.368 e. The Labute approximate surface area is 182 Å². The number of nitrogens with one attached hydrogen (secondary N) is 1. The Balaban J connectivity index is 0.00000261. The Morgan fingerprint density at radius 3 is 2.70 bits per heavy atom. The average Bonchev–Trinajstić information content (AvgIpc) is 3.32. The van der Waals surface area contributed by atoms with Gasteiger partial charge in [0.2, 0.25) is 0 Å². The molecule has 152 valence electrons. The lowest BCUT2D eigenvalue weighted by Gasteiger charge is -2.37. The summed E-state index contributed by atoms with van der Waals surface area (Å²) in [6.45, 7) is 9.45. The first kappa shape index (κ1) is 22.4. The van der Waals surface area contributed by atoms with E-state index >= 15 is 0 Å². The van der Waals surface area contributed by atoms with E-state index in [1.807, 2.05) is 11.8 Å². The second kappa shape index (κ2) is 11.2. The highest BCUT2D eigenvalue weighted by molar-refractivity contribution is 14.0. The zero-order chi connectivity index (χ0) is 18.4. The van der Waals surface area contributed by atoms with Crippen LogP contribution >= 0.6 is 35.3 Å². The number of piperazine rings is 1. The number of halogens is 1. The number of nitrogens with zero attached hydrogens (tertiary/aromatic N) is 4. The van der Waals surface area contributed by atoms with Gasteiger partial charge in [-0.05, 0) is 26.7 Å². The minimum atomic E-state index is -0.218. The molecular weight excluding hydrogens is 477 g/mol. The molecule has 9 heteroatoms. The zero-order valence-electron chi connectivity index (χ0n) is 16.1. The zero-order valence-corrected chi connectivity index (χ0v) is 19.3. The van der Waals surface area contributed by atoms with Gasteiger partial charge in [0.15, 0.2) is 5.96 Å². The summed E-state index contributed by atoms with van der Waals surface area (Å²) in [5.41, 5.74) is 1.11. The topological polar surface area (TPSA) is 70.1 Å². The van der Waals surface area contributed by atoms with Crippen molar-refractivity contribution in [3.8, 4) is 0 Å². The van der Waals surface area contributed by atoms with Crippen LogP contribution in [0.2, 0.25) is 0 Å². The molecule has 1 amide bonds. The van der Waals surface area contributed by atoms with Gasteiger partial charge in [0.05, 0.1) is 10.7 Å². The largest absolute Gasteiger partial charge is 0.368 e. The maximum atomic E-state index is 12.5. The molecule has 1 aromatic heterocycles. The molecule has 2 saturated heterocycles. The number of ether oxygens (including phenoxy) is 1. The van der Waals surface area contributed by atoms with E-state index < -0.39 is 0 Å². The summed E-state index contributed by atoms with van der Waals surface area (Å²) >= 11 is 1.68. The molecule has 2 fully saturated rings. The van der Waals surface area contributed by atoms with Crippen molar-refractivity contribution in [1.29, 1.82) is 0 Å². The van der Waals surface area contributed by atoms with E-state index in [0.717, 1.165) is 75.2 Å². The van der Waals surface area contributed by atoms with E-state index in [0.29, 0.717) is 6.61 Å². The van der Waals surface area contributed by atoms with Gasteiger partial charge in [-0.2, -0.15) is 0 Å². The fourth-order valence-corrected chi connectivity index (χ4v) is 3.99. The van der Waals surface area contributed by atoms with Crippen LogP contribution in [0.4, 0.5) is 0 Å². The van der Waals surface area contributed by atoms with E-state index in [4.69, 9.17) is 9.73 Å². The Kier molecular flexibility index (Phi) is 9.24. The number of guanidine groups is 1. The van der Waals surface area contributed by atoms with Crippen molar-refractivity contribution in [2.45, 2.75) is 39.2 Å². The standard InChI is InChI=1S/C18H29N5O2S.HI/c1-3-19-18(20-7-6-15-13-26-14(2)21-15)23-10-8-22(9-11-23)17(24)16-5-4-12-25-16;/h13,16H,3-12H2,1-2H3,(H,19,20);1H. The Bertz CT molecular complexity index is 625. The summed E-state index contributed by atoms with van der Waals surface area (Å²) in [7, 11) is 0. The highest BCUT2D eigenvalue weighted by Gasteiger charge is 2.30. The van der Waals surface area contributed by atoms with Crippen LogP contribution < -0.4 is 5.32 Å². The molecule has 3 heterocycles. The summed E-state index contributed by atoms with van der Waals surface area (Å²) in [6.07, 6.45) is 2.49. The van der Waals surface area contributed by atoms with Crippen molar-refractivity contribution in [2.24, 2.45) is 4.99 Å². The third kappa shape index (κ3) is 6.28. The fourth-order valence-electron chi connectivity index (χ4n) is 3.34. The fraction of sp³-hybridized carbons (Fsp3) is 0.722. The normalized spacial score (nSPS) is 20.5. The van der Waals surface area contributed by atoms with Crippen LogP contribution in [0.5, 0.6) is 0 Å². The Morgan fingerprint density at radius 1 is 1.37 bits per heavy atom. The van der Waals surface area contributed by atoms with E-state index in [2.05, 4.69) is 27.5 Å². The first-order valence-electron chi connectivity index (χ1n) is 9.52. The molecule has 1 aromatic rings. The summed E-state index contributed by atoms with van der Waals surface area (Å²) in [4.78, 5) is 25.9. The summed E-state index contributed by atoms with van der Waals surface area (Å²) in [5.74, 6) is 1.09. The predicted molar refractivity (Wildman–Crippen MR) is 119 cm³/mol. The number of carbonyl (C=O) groups is 1. The second-order valence-corrected chi connectivity index (χ2v) is 7.72. The van der Waals surface area contributed by atoms with Crippen molar-refractivity contribution >= 4 is 47.2 Å². The van der Waals surface area contributed by atoms with Crippen LogP contribution in [0.15, 0.2) is 10.4 Å². The molecule has 0 radical (unpaired) electrons. The van der Waals surface area contributed by atoms with Crippen LogP contribution in [-0.4, -0.2) is 78.6 Å². The number of rotatable bonds is 5. The lowest BCUT2D eigenvalue weighted by molar-refractivity contribution is -0.142. The number of aromatic nitrogens is 1. The summed E-state index contributed by atoms with van der Waals surface area (Å²) in [5, 5.41) is 6.58. The number of hydrogen-bond acceptors (Lipinski definition) is 5. The number of aryl methyl sites for hydroxylation is 1. The lowest BCUT2D eigenvalue weighted by atomic mass is 10.2. The van der Waals surface area contributed by atoms with Gasteiger partial charge >= 0.3 is 0 Å². The number of thiazole rings is 1. The minimum absolute atomic E-state index is 0. The number of amides is 1. The highest BCUT2D eigenvalue weighted by atomic mass is 127. The molecule has 0 aromatic carbocycles. The smallest absolute Gasteiger partial charge is 0.251 e. The van der Waals surface area contributed by atoms with Crippen molar-refractivity contribution in [3.63, 3.8) is 0 Å². The van der Waals surface area contributed by atoms with Gasteiger partial charge in [-0.1, -0.05) is 0 Å². The number of carbonyl (C=O) groups excluding carboxylic acids is 1. The first-order valence-corrected chi connectivity index (χ1v) is 10.4. The van der Waals surface area contributed by atoms with Crippen LogP contribution in [0.25, 0.3) is 0 Å². The van der Waals surface area contributed by atoms with Gasteiger partial charge in [0.25, 0.3) is 5.91 Å². The van der Waals surface area contributed by atoms with E-state index in [-0.39, 0.29) is 36.0 Å². The molecular formula is C18H30IN5O2S. The molecule has 7 nitrogen and oxygen atoms in total. The monoisotopic (exact) mass is 507 g/mol. The Morgan fingerprint density at radius 2 is 2.11 bits per heavy atom. The maximum absolute atomic E-state index is 12.5. The van der Waals surface area contributed by atoms with Crippen molar-refractivity contribution in [2.75, 3.05) is 45.9 Å². The molecule has 27 heavy (non-hydrogen) atoms. The molecule has 2 aliphatic rings. The molecule has 0 spiro atoms. The average molecular weight is 507 g/mol. The number of aliphatic imine (C=N–C) groups is 1. The summed E-state index contributed by atoms with van der Waals surface area (Å²) < 4.78 is 5.53. The second-order valence-electron chi connectivity index (χ2n) is 6.66. The van der Waals surface area contributed by atoms with Gasteiger partial charge in [-0.15, -0.1) is 35.3 Å². The Hall–Kier alpha value is -0.940. The SMILES string of the molecule is CCNC(=NCCc1csc(C)n1)N1CCN(C(=O)C2CCCO2)CC1.I. The molecule has 1 N–H and O–H groups in total. The molecule has 0 aliphatic carbocycles. The third-order valence-corrected chi connectivity index (χ3v) is 5.55. The molecule has 1 unspecified atom stereocenters. The molecule has 3 rings (SSSR count). The quantitative estimate of drug-likeness (QED) is 0.375. The highest BCUT2D eigenvalue weighted by Crippen LogP contribution is 2.16.